The fraction of sp³-hybridized carbons (Fsp3) is 0.682. The number of rotatable bonds is 4. The smallest absolute Gasteiger partial charge is 0.319 e. The zero-order valence-electron chi connectivity index (χ0n) is 17.4. The Morgan fingerprint density at radius 3 is 2.81 bits per heavy atom. The molecule has 5 heterocycles. The lowest BCUT2D eigenvalue weighted by Crippen LogP contribution is -2.43. The summed E-state index contributed by atoms with van der Waals surface area (Å²) >= 11 is 5.95. The molecule has 2 aromatic heterocycles. The number of alkyl halides is 1. The summed E-state index contributed by atoms with van der Waals surface area (Å²) in [6.07, 6.45) is 6.67. The lowest BCUT2D eigenvalue weighted by Gasteiger charge is -2.31. The Bertz CT molecular complexity index is 1010. The highest BCUT2D eigenvalue weighted by molar-refractivity contribution is 6.30. The summed E-state index contributed by atoms with van der Waals surface area (Å²) in [4.78, 5) is 17.4. The predicted molar refractivity (Wildman–Crippen MR) is 114 cm³/mol. The van der Waals surface area contributed by atoms with E-state index in [0.29, 0.717) is 30.8 Å². The molecule has 0 radical (unpaired) electrons. The average Bonchev–Trinajstić information content (AvgIpc) is 3.34. The zero-order chi connectivity index (χ0) is 21.2. The van der Waals surface area contributed by atoms with Crippen molar-refractivity contribution in [2.75, 3.05) is 37.7 Å². The molecule has 3 saturated heterocycles. The van der Waals surface area contributed by atoms with Gasteiger partial charge in [0.05, 0.1) is 10.9 Å². The maximum absolute atomic E-state index is 14.9. The summed E-state index contributed by atoms with van der Waals surface area (Å²) in [6.45, 7) is 3.40. The largest absolute Gasteiger partial charge is 0.461 e. The lowest BCUT2D eigenvalue weighted by atomic mass is 9.95. The lowest BCUT2D eigenvalue weighted by molar-refractivity contribution is 0.107. The third-order valence-corrected chi connectivity index (χ3v) is 8.00. The van der Waals surface area contributed by atoms with E-state index >= 15 is 0 Å². The molecule has 1 saturated carbocycles. The maximum Gasteiger partial charge on any atom is 0.319 e. The minimum Gasteiger partial charge on any atom is -0.461 e. The number of aromatic nitrogens is 3. The second-order valence-corrected chi connectivity index (χ2v) is 10.00. The van der Waals surface area contributed by atoms with Gasteiger partial charge in [-0.05, 0) is 50.5 Å². The molecule has 4 aliphatic rings. The third kappa shape index (κ3) is 3.42. The van der Waals surface area contributed by atoms with Crippen molar-refractivity contribution in [1.82, 2.24) is 19.9 Å². The topological polar surface area (TPSA) is 54.4 Å². The molecular weight excluding hydrogens is 424 g/mol. The number of halogens is 3. The van der Waals surface area contributed by atoms with Gasteiger partial charge < -0.3 is 9.64 Å². The highest BCUT2D eigenvalue weighted by Crippen LogP contribution is 2.46. The van der Waals surface area contributed by atoms with Gasteiger partial charge in [-0.3, -0.25) is 4.90 Å². The molecule has 6 rings (SSSR count). The first kappa shape index (κ1) is 19.9. The minimum absolute atomic E-state index is 0.126. The van der Waals surface area contributed by atoms with Gasteiger partial charge in [-0.1, -0.05) is 11.6 Å². The van der Waals surface area contributed by atoms with Crippen LogP contribution in [0, 0.1) is 17.7 Å². The molecule has 9 heteroatoms. The van der Waals surface area contributed by atoms with Crippen LogP contribution in [0.1, 0.15) is 38.5 Å². The zero-order valence-corrected chi connectivity index (χ0v) is 18.1. The van der Waals surface area contributed by atoms with Crippen molar-refractivity contribution in [3.63, 3.8) is 0 Å². The van der Waals surface area contributed by atoms with Gasteiger partial charge in [0.25, 0.3) is 0 Å². The van der Waals surface area contributed by atoms with Gasteiger partial charge in [-0.25, -0.2) is 13.8 Å². The highest BCUT2D eigenvalue weighted by atomic mass is 35.5. The molecule has 4 atom stereocenters. The van der Waals surface area contributed by atoms with Crippen molar-refractivity contribution in [2.24, 2.45) is 11.8 Å². The van der Waals surface area contributed by atoms with E-state index in [0.717, 1.165) is 57.2 Å². The molecule has 2 aromatic rings. The maximum atomic E-state index is 14.9. The van der Waals surface area contributed by atoms with Crippen LogP contribution in [0.15, 0.2) is 6.20 Å². The summed E-state index contributed by atoms with van der Waals surface area (Å²) in [5.74, 6) is 1.61. The highest BCUT2D eigenvalue weighted by Gasteiger charge is 2.49. The standard InChI is InChI=1S/C22H26ClF2N5O/c23-19-17(25)18-16(10-26-19)20(29-6-2-13-8-14(13)3-7-29)28-21(27-18)31-12-22-4-1-5-30(22)11-15(24)9-22/h10,13-15H,1-9,11-12H2/t13?,14?,15-,22+/m1/s1. The molecule has 2 unspecified atom stereocenters. The van der Waals surface area contributed by atoms with Crippen LogP contribution in [0.3, 0.4) is 0 Å². The van der Waals surface area contributed by atoms with Crippen molar-refractivity contribution in [1.29, 1.82) is 0 Å². The summed E-state index contributed by atoms with van der Waals surface area (Å²) in [5, 5.41) is 0.340. The summed E-state index contributed by atoms with van der Waals surface area (Å²) in [7, 11) is 0. The van der Waals surface area contributed by atoms with Crippen LogP contribution in [0.5, 0.6) is 6.01 Å². The first-order valence-electron chi connectivity index (χ1n) is 11.3. The van der Waals surface area contributed by atoms with Crippen molar-refractivity contribution >= 4 is 28.3 Å². The van der Waals surface area contributed by atoms with E-state index in [-0.39, 0.29) is 22.2 Å². The van der Waals surface area contributed by atoms with E-state index in [4.69, 9.17) is 21.3 Å². The Hall–Kier alpha value is -1.80. The van der Waals surface area contributed by atoms with Crippen LogP contribution in [0.25, 0.3) is 10.9 Å². The van der Waals surface area contributed by atoms with Gasteiger partial charge >= 0.3 is 6.01 Å². The van der Waals surface area contributed by atoms with Crippen LogP contribution in [0.2, 0.25) is 5.15 Å². The number of nitrogens with zero attached hydrogens (tertiary/aromatic N) is 5. The molecule has 0 bridgehead atoms. The monoisotopic (exact) mass is 449 g/mol. The Kier molecular flexibility index (Phi) is 4.72. The summed E-state index contributed by atoms with van der Waals surface area (Å²) < 4.78 is 35.0. The molecule has 0 N–H and O–H groups in total. The molecule has 0 amide bonds. The Balaban J connectivity index is 1.34. The number of pyridine rings is 1. The number of fused-ring (bicyclic) bond motifs is 3. The SMILES string of the molecule is Fc1c(Cl)ncc2c(N3CCC4CC4CC3)nc(OC[C@@]34CCCN3C[C@H](F)C4)nc12. The van der Waals surface area contributed by atoms with Crippen LogP contribution >= 0.6 is 11.6 Å². The van der Waals surface area contributed by atoms with Crippen LogP contribution < -0.4 is 9.64 Å². The van der Waals surface area contributed by atoms with Crippen molar-refractivity contribution in [2.45, 2.75) is 50.2 Å². The Morgan fingerprint density at radius 2 is 2.00 bits per heavy atom. The summed E-state index contributed by atoms with van der Waals surface area (Å²) in [5.41, 5.74) is -0.180. The van der Waals surface area contributed by atoms with Crippen molar-refractivity contribution in [3.8, 4) is 6.01 Å². The normalized spacial score (nSPS) is 32.7. The molecule has 1 aliphatic carbocycles. The summed E-state index contributed by atoms with van der Waals surface area (Å²) in [6, 6.07) is 0.126. The molecular formula is C22H26ClF2N5O. The van der Waals surface area contributed by atoms with E-state index in [1.165, 1.54) is 6.42 Å². The van der Waals surface area contributed by atoms with Crippen LogP contribution in [-0.4, -0.2) is 64.3 Å². The molecule has 0 aromatic carbocycles. The molecule has 166 valence electrons. The van der Waals surface area contributed by atoms with Gasteiger partial charge in [0.15, 0.2) is 11.0 Å². The second kappa shape index (κ2) is 7.37. The van der Waals surface area contributed by atoms with Gasteiger partial charge in [0.1, 0.15) is 24.1 Å². The average molecular weight is 450 g/mol. The van der Waals surface area contributed by atoms with Gasteiger partial charge in [-0.2, -0.15) is 9.97 Å². The second-order valence-electron chi connectivity index (χ2n) is 9.64. The first-order chi connectivity index (χ1) is 15.0. The van der Waals surface area contributed by atoms with E-state index in [1.54, 1.807) is 6.20 Å². The van der Waals surface area contributed by atoms with E-state index in [1.807, 2.05) is 0 Å². The predicted octanol–water partition coefficient (Wildman–Crippen LogP) is 4.01. The van der Waals surface area contributed by atoms with E-state index in [9.17, 15) is 8.78 Å². The van der Waals surface area contributed by atoms with Crippen LogP contribution in [-0.2, 0) is 0 Å². The van der Waals surface area contributed by atoms with Gasteiger partial charge in [0.2, 0.25) is 0 Å². The van der Waals surface area contributed by atoms with Gasteiger partial charge in [0, 0.05) is 32.3 Å². The third-order valence-electron chi connectivity index (χ3n) is 7.74. The first-order valence-corrected chi connectivity index (χ1v) is 11.7. The minimum atomic E-state index is -0.831. The van der Waals surface area contributed by atoms with Gasteiger partial charge in [-0.15, -0.1) is 0 Å². The van der Waals surface area contributed by atoms with E-state index in [2.05, 4.69) is 19.8 Å². The molecule has 0 spiro atoms. The fourth-order valence-corrected chi connectivity index (χ4v) is 6.08. The Morgan fingerprint density at radius 1 is 1.19 bits per heavy atom. The van der Waals surface area contributed by atoms with Crippen LogP contribution in [0.4, 0.5) is 14.6 Å². The fourth-order valence-electron chi connectivity index (χ4n) is 5.94. The molecule has 3 aliphatic heterocycles. The Labute approximate surface area is 184 Å². The number of anilines is 1. The van der Waals surface area contributed by atoms with E-state index < -0.39 is 12.0 Å². The number of hydrogen-bond donors (Lipinski definition) is 0. The number of hydrogen-bond acceptors (Lipinski definition) is 6. The van der Waals surface area contributed by atoms with Crippen molar-refractivity contribution in [3.05, 3.63) is 17.2 Å². The quantitative estimate of drug-likeness (QED) is 0.657. The van der Waals surface area contributed by atoms with Crippen molar-refractivity contribution < 1.29 is 13.5 Å². The molecule has 6 nitrogen and oxygen atoms in total. The molecule has 31 heavy (non-hydrogen) atoms. The number of ether oxygens (including phenoxy) is 1. The molecule has 4 fully saturated rings.